The smallest absolute Gasteiger partial charge is 0.341 e. The normalized spacial score (nSPS) is 32.6. The van der Waals surface area contributed by atoms with Gasteiger partial charge in [-0.15, -0.1) is 0 Å². The quantitative estimate of drug-likeness (QED) is 0.583. The molecule has 176 valence electrons. The second-order valence-electron chi connectivity index (χ2n) is 9.16. The molecular weight excluding hydrogens is 419 g/mol. The van der Waals surface area contributed by atoms with Gasteiger partial charge < -0.3 is 30.0 Å². The molecule has 2 saturated heterocycles. The van der Waals surface area contributed by atoms with Crippen molar-refractivity contribution in [1.82, 2.24) is 10.6 Å². The van der Waals surface area contributed by atoms with Crippen LogP contribution >= 0.6 is 0 Å². The molecule has 0 bridgehead atoms. The summed E-state index contributed by atoms with van der Waals surface area (Å²) >= 11 is 0. The number of benzene rings is 1. The molecule has 3 fully saturated rings. The van der Waals surface area contributed by atoms with Crippen LogP contribution in [0, 0.1) is 5.82 Å². The van der Waals surface area contributed by atoms with Crippen molar-refractivity contribution in [2.45, 2.75) is 68.7 Å². The topological polar surface area (TPSA) is 106 Å². The van der Waals surface area contributed by atoms with E-state index in [1.54, 1.807) is 6.07 Å². The van der Waals surface area contributed by atoms with E-state index in [0.29, 0.717) is 24.5 Å². The number of carbonyl (C=O) groups is 2. The Morgan fingerprint density at radius 2 is 2.09 bits per heavy atom. The highest BCUT2D eigenvalue weighted by molar-refractivity contribution is 5.79. The zero-order chi connectivity index (χ0) is 22.7. The number of rotatable bonds is 7. The van der Waals surface area contributed by atoms with Gasteiger partial charge in [-0.25, -0.2) is 9.18 Å². The molecule has 32 heavy (non-hydrogen) atoms. The van der Waals surface area contributed by atoms with Gasteiger partial charge in [-0.2, -0.15) is 0 Å². The van der Waals surface area contributed by atoms with E-state index in [4.69, 9.17) is 19.3 Å². The lowest BCUT2D eigenvalue weighted by Gasteiger charge is -2.39. The molecule has 1 aliphatic carbocycles. The third kappa shape index (κ3) is 5.05. The first kappa shape index (κ1) is 22.9. The maximum Gasteiger partial charge on any atom is 0.341 e. The number of halogens is 1. The maximum atomic E-state index is 14.6. The number of hydrogen-bond acceptors (Lipinski definition) is 6. The van der Waals surface area contributed by atoms with Crippen LogP contribution in [0.25, 0.3) is 0 Å². The monoisotopic (exact) mass is 450 g/mol. The Labute approximate surface area is 186 Å². The predicted molar refractivity (Wildman–Crippen MR) is 113 cm³/mol. The van der Waals surface area contributed by atoms with Crippen LogP contribution < -0.4 is 15.4 Å². The second-order valence-corrected chi connectivity index (χ2v) is 9.16. The summed E-state index contributed by atoms with van der Waals surface area (Å²) in [6, 6.07) is 4.77. The first-order valence-corrected chi connectivity index (χ1v) is 11.3. The summed E-state index contributed by atoms with van der Waals surface area (Å²) < 4.78 is 31.6. The molecule has 8 nitrogen and oxygen atoms in total. The van der Waals surface area contributed by atoms with Crippen molar-refractivity contribution in [3.05, 3.63) is 29.6 Å². The number of aliphatic carboxylic acids is 1. The van der Waals surface area contributed by atoms with Crippen LogP contribution in [0.3, 0.4) is 0 Å². The van der Waals surface area contributed by atoms with Gasteiger partial charge in [0.2, 0.25) is 5.91 Å². The van der Waals surface area contributed by atoms with E-state index in [1.807, 2.05) is 0 Å². The molecule has 1 saturated carbocycles. The first-order valence-electron chi connectivity index (χ1n) is 11.3. The van der Waals surface area contributed by atoms with Gasteiger partial charge in [-0.3, -0.25) is 4.79 Å². The fraction of sp³-hybridized carbons (Fsp3) is 0.652. The van der Waals surface area contributed by atoms with Crippen molar-refractivity contribution in [2.24, 2.45) is 0 Å². The van der Waals surface area contributed by atoms with E-state index in [-0.39, 0.29) is 42.4 Å². The minimum Gasteiger partial charge on any atom is -0.482 e. The Balaban J connectivity index is 1.33. The standard InChI is InChI=1S/C23H31FN2O6/c1-14-9-23(13-30-11-20(27)26-23)19(25-14)10-31-16-7-5-15(6-8-16)22-17(24)3-2-4-18(22)32-12-21(28)29/h2-4,14-16,19,25H,5-13H2,1H3,(H,26,27)(H,28,29)/t14-,15-,16+,19?,23?/m1/s1. The van der Waals surface area contributed by atoms with Gasteiger partial charge in [0.15, 0.2) is 6.61 Å². The summed E-state index contributed by atoms with van der Waals surface area (Å²) in [5.74, 6) is -1.29. The van der Waals surface area contributed by atoms with Crippen molar-refractivity contribution in [1.29, 1.82) is 0 Å². The molecule has 1 spiro atoms. The Bertz CT molecular complexity index is 844. The first-order chi connectivity index (χ1) is 15.4. The van der Waals surface area contributed by atoms with Crippen LogP contribution in [-0.2, 0) is 19.1 Å². The number of morpholine rings is 1. The molecule has 3 aliphatic rings. The third-order valence-electron chi connectivity index (χ3n) is 6.75. The molecule has 0 aromatic heterocycles. The van der Waals surface area contributed by atoms with Gasteiger partial charge in [-0.05, 0) is 57.1 Å². The molecule has 1 amide bonds. The number of nitrogens with one attached hydrogen (secondary N) is 2. The maximum absolute atomic E-state index is 14.6. The summed E-state index contributed by atoms with van der Waals surface area (Å²) in [4.78, 5) is 22.8. The van der Waals surface area contributed by atoms with Crippen molar-refractivity contribution in [3.8, 4) is 5.75 Å². The van der Waals surface area contributed by atoms with Crippen LogP contribution in [0.1, 0.15) is 50.5 Å². The second kappa shape index (κ2) is 9.72. The van der Waals surface area contributed by atoms with Gasteiger partial charge in [-0.1, -0.05) is 6.07 Å². The molecule has 2 unspecified atom stereocenters. The number of amides is 1. The van der Waals surface area contributed by atoms with Gasteiger partial charge in [0, 0.05) is 11.6 Å². The summed E-state index contributed by atoms with van der Waals surface area (Å²) in [5.41, 5.74) is 0.0229. The zero-order valence-electron chi connectivity index (χ0n) is 18.3. The Morgan fingerprint density at radius 1 is 1.31 bits per heavy atom. The van der Waals surface area contributed by atoms with Gasteiger partial charge in [0.1, 0.15) is 18.2 Å². The van der Waals surface area contributed by atoms with Crippen molar-refractivity contribution >= 4 is 11.9 Å². The molecule has 4 rings (SSSR count). The van der Waals surface area contributed by atoms with Gasteiger partial charge >= 0.3 is 5.97 Å². The molecule has 9 heteroatoms. The minimum atomic E-state index is -1.09. The molecule has 0 radical (unpaired) electrons. The average molecular weight is 451 g/mol. The Kier molecular flexibility index (Phi) is 6.97. The third-order valence-corrected chi connectivity index (χ3v) is 6.75. The van der Waals surface area contributed by atoms with Crippen molar-refractivity contribution in [2.75, 3.05) is 26.4 Å². The summed E-state index contributed by atoms with van der Waals surface area (Å²) in [7, 11) is 0. The largest absolute Gasteiger partial charge is 0.482 e. The molecule has 1 aromatic carbocycles. The van der Waals surface area contributed by atoms with Crippen LogP contribution in [-0.4, -0.2) is 67.1 Å². The summed E-state index contributed by atoms with van der Waals surface area (Å²) in [6.45, 7) is 2.64. The molecule has 2 aliphatic heterocycles. The summed E-state index contributed by atoms with van der Waals surface area (Å²) in [5, 5.41) is 15.5. The van der Waals surface area contributed by atoms with Crippen LogP contribution in [0.4, 0.5) is 4.39 Å². The lowest BCUT2D eigenvalue weighted by atomic mass is 9.82. The van der Waals surface area contributed by atoms with Crippen LogP contribution in [0.15, 0.2) is 18.2 Å². The fourth-order valence-corrected chi connectivity index (χ4v) is 5.36. The van der Waals surface area contributed by atoms with Crippen molar-refractivity contribution in [3.63, 3.8) is 0 Å². The number of carboxylic acid groups (broad SMARTS) is 1. The SMILES string of the molecule is C[C@@H]1CC2(COCC(=O)N2)C(CO[C@H]2CC[C@@H](c3c(F)cccc3OCC(=O)O)CC2)N1. The molecule has 3 atom stereocenters. The minimum absolute atomic E-state index is 0.0259. The van der Waals surface area contributed by atoms with Crippen molar-refractivity contribution < 1.29 is 33.3 Å². The number of carbonyl (C=O) groups excluding carboxylic acids is 1. The molecule has 3 N–H and O–H groups in total. The zero-order valence-corrected chi connectivity index (χ0v) is 18.3. The highest BCUT2D eigenvalue weighted by atomic mass is 19.1. The molecule has 2 heterocycles. The molecule has 1 aromatic rings. The van der Waals surface area contributed by atoms with E-state index in [9.17, 15) is 14.0 Å². The van der Waals surface area contributed by atoms with Crippen LogP contribution in [0.5, 0.6) is 5.75 Å². The van der Waals surface area contributed by atoms with E-state index in [1.165, 1.54) is 12.1 Å². The highest BCUT2D eigenvalue weighted by Crippen LogP contribution is 2.40. The predicted octanol–water partition coefficient (Wildman–Crippen LogP) is 1.97. The van der Waals surface area contributed by atoms with E-state index in [2.05, 4.69) is 17.6 Å². The number of ether oxygens (including phenoxy) is 3. The fourth-order valence-electron chi connectivity index (χ4n) is 5.36. The van der Waals surface area contributed by atoms with E-state index < -0.39 is 18.1 Å². The number of hydrogen-bond donors (Lipinski definition) is 3. The summed E-state index contributed by atoms with van der Waals surface area (Å²) in [6.07, 6.45) is 3.86. The Morgan fingerprint density at radius 3 is 2.81 bits per heavy atom. The van der Waals surface area contributed by atoms with E-state index in [0.717, 1.165) is 32.1 Å². The average Bonchev–Trinajstić information content (AvgIpc) is 3.05. The Hall–Kier alpha value is -2.23. The lowest BCUT2D eigenvalue weighted by molar-refractivity contribution is -0.139. The molecular formula is C23H31FN2O6. The van der Waals surface area contributed by atoms with Gasteiger partial charge in [0.25, 0.3) is 0 Å². The van der Waals surface area contributed by atoms with Gasteiger partial charge in [0.05, 0.1) is 30.9 Å². The van der Waals surface area contributed by atoms with E-state index >= 15 is 0 Å². The lowest BCUT2D eigenvalue weighted by Crippen LogP contribution is -2.64. The van der Waals surface area contributed by atoms with Crippen LogP contribution in [0.2, 0.25) is 0 Å². The number of carboxylic acids is 1. The highest BCUT2D eigenvalue weighted by Gasteiger charge is 2.49.